The summed E-state index contributed by atoms with van der Waals surface area (Å²) in [5.41, 5.74) is 4.06. The molecule has 0 spiro atoms. The Hall–Kier alpha value is -2.54. The minimum absolute atomic E-state index is 0.148. The summed E-state index contributed by atoms with van der Waals surface area (Å²) in [6.45, 7) is 10.7. The van der Waals surface area contributed by atoms with Crippen molar-refractivity contribution in [2.75, 3.05) is 35.8 Å². The molecule has 1 fully saturated rings. The minimum atomic E-state index is -3.73. The first-order valence-electron chi connectivity index (χ1n) is 10.8. The number of carbonyl (C=O) groups is 1. The van der Waals surface area contributed by atoms with Crippen LogP contribution in [0.4, 0.5) is 11.4 Å². The second-order valence-electron chi connectivity index (χ2n) is 9.38. The first-order valence-corrected chi connectivity index (χ1v) is 12.3. The number of anilines is 2. The van der Waals surface area contributed by atoms with Gasteiger partial charge in [-0.15, -0.1) is 0 Å². The van der Waals surface area contributed by atoms with Gasteiger partial charge in [-0.1, -0.05) is 32.0 Å². The Bertz CT molecular complexity index is 1100. The number of amides is 1. The molecule has 0 radical (unpaired) electrons. The van der Waals surface area contributed by atoms with Gasteiger partial charge in [-0.2, -0.15) is 0 Å². The molecule has 2 aliphatic heterocycles. The van der Waals surface area contributed by atoms with Crippen molar-refractivity contribution in [2.45, 2.75) is 50.8 Å². The highest BCUT2D eigenvalue weighted by Crippen LogP contribution is 2.41. The molecule has 2 aliphatic rings. The third-order valence-electron chi connectivity index (χ3n) is 6.44. The molecule has 0 atom stereocenters. The highest BCUT2D eigenvalue weighted by atomic mass is 32.2. The lowest BCUT2D eigenvalue weighted by atomic mass is 9.87. The Labute approximate surface area is 185 Å². The average Bonchev–Trinajstić information content (AvgIpc) is 3.32. The molecule has 4 rings (SSSR count). The van der Waals surface area contributed by atoms with Gasteiger partial charge in [-0.25, -0.2) is 8.42 Å². The fraction of sp³-hybridized carbons (Fsp3) is 0.458. The van der Waals surface area contributed by atoms with Crippen molar-refractivity contribution in [1.29, 1.82) is 0 Å². The van der Waals surface area contributed by atoms with Crippen molar-refractivity contribution in [2.24, 2.45) is 0 Å². The fourth-order valence-electron chi connectivity index (χ4n) is 4.69. The third-order valence-corrected chi connectivity index (χ3v) is 7.78. The molecule has 2 aromatic rings. The molecule has 1 saturated heterocycles. The van der Waals surface area contributed by atoms with Crippen molar-refractivity contribution in [1.82, 2.24) is 4.90 Å². The standard InChI is InChI=1S/C24H31N3O3S/c1-17-8-7-9-18(2)23(17)25-31(29,30)19-10-11-21-20(14-19)24(3,4)16-27(21)15-22(28)26-12-5-6-13-26/h7-11,14,25H,5-6,12-13,15-16H2,1-4H3. The lowest BCUT2D eigenvalue weighted by molar-refractivity contribution is -0.128. The number of nitrogens with one attached hydrogen (secondary N) is 1. The van der Waals surface area contributed by atoms with Gasteiger partial charge in [-0.3, -0.25) is 9.52 Å². The highest BCUT2D eigenvalue weighted by molar-refractivity contribution is 7.92. The molecule has 0 saturated carbocycles. The molecule has 2 aromatic carbocycles. The Morgan fingerprint density at radius 1 is 1.06 bits per heavy atom. The van der Waals surface area contributed by atoms with Crippen LogP contribution in [0, 0.1) is 13.8 Å². The van der Waals surface area contributed by atoms with Gasteiger partial charge in [-0.05, 0) is 61.6 Å². The van der Waals surface area contributed by atoms with E-state index >= 15 is 0 Å². The number of carbonyl (C=O) groups excluding carboxylic acids is 1. The number of sulfonamides is 1. The number of rotatable bonds is 5. The van der Waals surface area contributed by atoms with Crippen molar-refractivity contribution in [3.63, 3.8) is 0 Å². The monoisotopic (exact) mass is 441 g/mol. The second-order valence-corrected chi connectivity index (χ2v) is 11.1. The molecule has 166 valence electrons. The molecule has 1 amide bonds. The summed E-state index contributed by atoms with van der Waals surface area (Å²) < 4.78 is 29.1. The van der Waals surface area contributed by atoms with E-state index in [0.29, 0.717) is 18.8 Å². The summed E-state index contributed by atoms with van der Waals surface area (Å²) in [7, 11) is -3.73. The zero-order valence-corrected chi connectivity index (χ0v) is 19.6. The predicted octanol–water partition coefficient (Wildman–Crippen LogP) is 3.82. The van der Waals surface area contributed by atoms with E-state index in [1.54, 1.807) is 12.1 Å². The number of para-hydroxylation sites is 1. The molecule has 0 aliphatic carbocycles. The van der Waals surface area contributed by atoms with Gasteiger partial charge >= 0.3 is 0 Å². The number of nitrogens with zero attached hydrogens (tertiary/aromatic N) is 2. The topological polar surface area (TPSA) is 69.7 Å². The Morgan fingerprint density at radius 3 is 2.35 bits per heavy atom. The maximum absolute atomic E-state index is 13.2. The van der Waals surface area contributed by atoms with Gasteiger partial charge in [0, 0.05) is 30.7 Å². The Morgan fingerprint density at radius 2 is 1.71 bits per heavy atom. The van der Waals surface area contributed by atoms with E-state index in [1.807, 2.05) is 43.0 Å². The fourth-order valence-corrected chi connectivity index (χ4v) is 5.92. The molecule has 31 heavy (non-hydrogen) atoms. The highest BCUT2D eigenvalue weighted by Gasteiger charge is 2.37. The summed E-state index contributed by atoms with van der Waals surface area (Å²) in [5.74, 6) is 0.148. The average molecular weight is 442 g/mol. The van der Waals surface area contributed by atoms with Crippen LogP contribution in [0.15, 0.2) is 41.3 Å². The van der Waals surface area contributed by atoms with E-state index < -0.39 is 10.0 Å². The van der Waals surface area contributed by atoms with Crippen molar-refractivity contribution in [3.8, 4) is 0 Å². The van der Waals surface area contributed by atoms with Crippen LogP contribution < -0.4 is 9.62 Å². The largest absolute Gasteiger partial charge is 0.361 e. The summed E-state index contributed by atoms with van der Waals surface area (Å²) in [6.07, 6.45) is 2.14. The van der Waals surface area contributed by atoms with Gasteiger partial charge in [0.2, 0.25) is 5.91 Å². The first kappa shape index (κ1) is 21.7. The van der Waals surface area contributed by atoms with E-state index in [0.717, 1.165) is 48.3 Å². The maximum atomic E-state index is 13.2. The SMILES string of the molecule is Cc1cccc(C)c1NS(=O)(=O)c1ccc2c(c1)C(C)(C)CN2CC(=O)N1CCCC1. The van der Waals surface area contributed by atoms with E-state index in [4.69, 9.17) is 0 Å². The van der Waals surface area contributed by atoms with Crippen LogP contribution in [0.1, 0.15) is 43.4 Å². The number of likely N-dealkylation sites (tertiary alicyclic amines) is 1. The summed E-state index contributed by atoms with van der Waals surface area (Å²) in [5, 5.41) is 0. The van der Waals surface area contributed by atoms with Crippen LogP contribution in [0.5, 0.6) is 0 Å². The smallest absolute Gasteiger partial charge is 0.261 e. The van der Waals surface area contributed by atoms with E-state index in [-0.39, 0.29) is 16.2 Å². The van der Waals surface area contributed by atoms with Gasteiger partial charge in [0.05, 0.1) is 17.1 Å². The zero-order valence-electron chi connectivity index (χ0n) is 18.7. The Kier molecular flexibility index (Phi) is 5.50. The number of benzene rings is 2. The van der Waals surface area contributed by atoms with Crippen LogP contribution in [0.3, 0.4) is 0 Å². The van der Waals surface area contributed by atoms with Crippen molar-refractivity contribution < 1.29 is 13.2 Å². The summed E-state index contributed by atoms with van der Waals surface area (Å²) in [4.78, 5) is 17.0. The van der Waals surface area contributed by atoms with E-state index in [9.17, 15) is 13.2 Å². The van der Waals surface area contributed by atoms with Gasteiger partial charge in [0.1, 0.15) is 0 Å². The molecule has 7 heteroatoms. The van der Waals surface area contributed by atoms with Crippen LogP contribution in [0.25, 0.3) is 0 Å². The van der Waals surface area contributed by atoms with Gasteiger partial charge in [0.15, 0.2) is 0 Å². The van der Waals surface area contributed by atoms with Gasteiger partial charge in [0.25, 0.3) is 10.0 Å². The molecule has 6 nitrogen and oxygen atoms in total. The predicted molar refractivity (Wildman–Crippen MR) is 124 cm³/mol. The van der Waals surface area contributed by atoms with Crippen LogP contribution in [0.2, 0.25) is 0 Å². The van der Waals surface area contributed by atoms with Crippen molar-refractivity contribution in [3.05, 3.63) is 53.1 Å². The molecule has 0 unspecified atom stereocenters. The third kappa shape index (κ3) is 4.15. The summed E-state index contributed by atoms with van der Waals surface area (Å²) >= 11 is 0. The summed E-state index contributed by atoms with van der Waals surface area (Å²) in [6, 6.07) is 11.0. The van der Waals surface area contributed by atoms with Gasteiger partial charge < -0.3 is 9.80 Å². The molecule has 1 N–H and O–H groups in total. The molecule has 0 aromatic heterocycles. The van der Waals surface area contributed by atoms with Crippen molar-refractivity contribution >= 4 is 27.3 Å². The lowest BCUT2D eigenvalue weighted by Gasteiger charge is -2.24. The molecule has 2 heterocycles. The zero-order chi connectivity index (χ0) is 22.4. The Balaban J connectivity index is 1.62. The maximum Gasteiger partial charge on any atom is 0.261 e. The first-order chi connectivity index (χ1) is 14.6. The quantitative estimate of drug-likeness (QED) is 0.766. The minimum Gasteiger partial charge on any atom is -0.361 e. The van der Waals surface area contributed by atoms with Crippen LogP contribution >= 0.6 is 0 Å². The van der Waals surface area contributed by atoms with Crippen LogP contribution in [-0.2, 0) is 20.2 Å². The number of hydrogen-bond donors (Lipinski definition) is 1. The molecular weight excluding hydrogens is 410 g/mol. The number of hydrogen-bond acceptors (Lipinski definition) is 4. The van der Waals surface area contributed by atoms with E-state index in [1.165, 1.54) is 0 Å². The second kappa shape index (κ2) is 7.86. The lowest BCUT2D eigenvalue weighted by Crippen LogP contribution is -2.40. The number of aryl methyl sites for hydroxylation is 2. The van der Waals surface area contributed by atoms with E-state index in [2.05, 4.69) is 23.5 Å². The normalized spacial score (nSPS) is 17.7. The number of fused-ring (bicyclic) bond motifs is 1. The molecule has 0 bridgehead atoms. The van der Waals surface area contributed by atoms with Crippen LogP contribution in [-0.4, -0.2) is 45.4 Å². The molecular formula is C24H31N3O3S.